The summed E-state index contributed by atoms with van der Waals surface area (Å²) in [6.07, 6.45) is 3.15. The van der Waals surface area contributed by atoms with E-state index in [-0.39, 0.29) is 0 Å². The fourth-order valence-corrected chi connectivity index (χ4v) is 1.47. The molecule has 0 aliphatic heterocycles. The van der Waals surface area contributed by atoms with E-state index in [9.17, 15) is 0 Å². The van der Waals surface area contributed by atoms with Gasteiger partial charge in [0.1, 0.15) is 5.75 Å². The number of allylic oxidation sites excluding steroid dienone is 1. The number of nitrogens with one attached hydrogen (secondary N) is 1. The summed E-state index contributed by atoms with van der Waals surface area (Å²) in [7, 11) is 1.67. The number of rotatable bonds is 5. The maximum absolute atomic E-state index is 5.09. The molecule has 0 aliphatic rings. The number of ether oxygens (including phenoxy) is 1. The van der Waals surface area contributed by atoms with E-state index in [0.29, 0.717) is 0 Å². The molecule has 0 radical (unpaired) electrons. The third-order valence-corrected chi connectivity index (χ3v) is 2.36. The fraction of sp³-hybridized carbons (Fsp3) is 0.333. The number of hydrogen-bond donors (Lipinski definition) is 2. The van der Waals surface area contributed by atoms with Gasteiger partial charge in [-0.1, -0.05) is 13.0 Å². The molecule has 82 valence electrons. The highest BCUT2D eigenvalue weighted by Gasteiger charge is 1.96. The lowest BCUT2D eigenvalue weighted by Crippen LogP contribution is -2.00. The zero-order chi connectivity index (χ0) is 11.1. The topological polar surface area (TPSA) is 21.3 Å². The van der Waals surface area contributed by atoms with Gasteiger partial charge in [0.25, 0.3) is 0 Å². The van der Waals surface area contributed by atoms with Crippen molar-refractivity contribution >= 4 is 18.3 Å². The molecule has 0 saturated heterocycles. The van der Waals surface area contributed by atoms with E-state index in [0.717, 1.165) is 29.3 Å². The van der Waals surface area contributed by atoms with E-state index < -0.39 is 0 Å². The number of hydrogen-bond acceptors (Lipinski definition) is 3. The second kappa shape index (κ2) is 6.40. The summed E-state index contributed by atoms with van der Waals surface area (Å²) < 4.78 is 5.09. The first-order valence-corrected chi connectivity index (χ1v) is 5.64. The van der Waals surface area contributed by atoms with Crippen LogP contribution in [0.15, 0.2) is 36.0 Å². The van der Waals surface area contributed by atoms with Gasteiger partial charge in [-0.05, 0) is 30.7 Å². The standard InChI is InChI=1S/C12H17NOS/c1-3-4-11(9-15)13-10-5-7-12(14-2)8-6-10/h4-8,13,15H,3,9H2,1-2H3/b11-4+. The molecule has 0 amide bonds. The van der Waals surface area contributed by atoms with Crippen molar-refractivity contribution in [2.75, 3.05) is 18.2 Å². The molecular formula is C12H17NOS. The molecule has 2 nitrogen and oxygen atoms in total. The molecule has 0 saturated carbocycles. The van der Waals surface area contributed by atoms with Gasteiger partial charge < -0.3 is 10.1 Å². The number of methoxy groups -OCH3 is 1. The highest BCUT2D eigenvalue weighted by atomic mass is 32.1. The lowest BCUT2D eigenvalue weighted by Gasteiger charge is -2.09. The molecule has 1 N–H and O–H groups in total. The highest BCUT2D eigenvalue weighted by Crippen LogP contribution is 2.16. The Balaban J connectivity index is 2.67. The Kier molecular flexibility index (Phi) is 5.12. The molecule has 15 heavy (non-hydrogen) atoms. The van der Waals surface area contributed by atoms with Gasteiger partial charge in [-0.15, -0.1) is 0 Å². The normalized spacial score (nSPS) is 11.3. The van der Waals surface area contributed by atoms with Crippen LogP contribution in [0.1, 0.15) is 13.3 Å². The van der Waals surface area contributed by atoms with Gasteiger partial charge in [0.05, 0.1) is 7.11 Å². The van der Waals surface area contributed by atoms with Crippen LogP contribution in [0.3, 0.4) is 0 Å². The van der Waals surface area contributed by atoms with Crippen LogP contribution in [0.25, 0.3) is 0 Å². The van der Waals surface area contributed by atoms with Gasteiger partial charge in [-0.2, -0.15) is 12.6 Å². The minimum atomic E-state index is 0.722. The summed E-state index contributed by atoms with van der Waals surface area (Å²) in [5.74, 6) is 1.59. The molecule has 0 aromatic heterocycles. The zero-order valence-electron chi connectivity index (χ0n) is 9.16. The van der Waals surface area contributed by atoms with E-state index in [1.165, 1.54) is 0 Å². The van der Waals surface area contributed by atoms with Crippen LogP contribution in [0, 0.1) is 0 Å². The molecule has 0 fully saturated rings. The first kappa shape index (κ1) is 12.0. The highest BCUT2D eigenvalue weighted by molar-refractivity contribution is 7.80. The predicted octanol–water partition coefficient (Wildman–Crippen LogP) is 3.33. The molecule has 0 spiro atoms. The van der Waals surface area contributed by atoms with Gasteiger partial charge >= 0.3 is 0 Å². The summed E-state index contributed by atoms with van der Waals surface area (Å²) in [5.41, 5.74) is 2.19. The summed E-state index contributed by atoms with van der Waals surface area (Å²) in [6.45, 7) is 2.11. The van der Waals surface area contributed by atoms with Gasteiger partial charge in [0.2, 0.25) is 0 Å². The van der Waals surface area contributed by atoms with Crippen molar-refractivity contribution in [3.05, 3.63) is 36.0 Å². The monoisotopic (exact) mass is 223 g/mol. The summed E-state index contributed by atoms with van der Waals surface area (Å²) in [5, 5.41) is 3.31. The summed E-state index contributed by atoms with van der Waals surface area (Å²) >= 11 is 4.26. The maximum Gasteiger partial charge on any atom is 0.119 e. The van der Waals surface area contributed by atoms with E-state index >= 15 is 0 Å². The summed E-state index contributed by atoms with van der Waals surface area (Å²) in [6, 6.07) is 7.85. The van der Waals surface area contributed by atoms with Crippen LogP contribution < -0.4 is 10.1 Å². The van der Waals surface area contributed by atoms with Gasteiger partial charge in [0, 0.05) is 17.1 Å². The van der Waals surface area contributed by atoms with Crippen LogP contribution in [0.4, 0.5) is 5.69 Å². The van der Waals surface area contributed by atoms with E-state index in [1.807, 2.05) is 24.3 Å². The van der Waals surface area contributed by atoms with E-state index in [1.54, 1.807) is 7.11 Å². The molecule has 1 aromatic carbocycles. The predicted molar refractivity (Wildman–Crippen MR) is 68.8 cm³/mol. The molecule has 1 rings (SSSR count). The Morgan fingerprint density at radius 2 is 2.07 bits per heavy atom. The average molecular weight is 223 g/mol. The fourth-order valence-electron chi connectivity index (χ4n) is 1.26. The summed E-state index contributed by atoms with van der Waals surface area (Å²) in [4.78, 5) is 0. The lowest BCUT2D eigenvalue weighted by atomic mass is 10.3. The maximum atomic E-state index is 5.09. The van der Waals surface area contributed by atoms with E-state index in [4.69, 9.17) is 4.74 Å². The first-order valence-electron chi connectivity index (χ1n) is 5.01. The Bertz CT molecular complexity index is 319. The quantitative estimate of drug-likeness (QED) is 0.747. The second-order valence-electron chi connectivity index (χ2n) is 3.15. The van der Waals surface area contributed by atoms with Crippen molar-refractivity contribution in [3.63, 3.8) is 0 Å². The molecule has 0 unspecified atom stereocenters. The molecule has 0 bridgehead atoms. The SMILES string of the molecule is CC/C=C(\CS)Nc1ccc(OC)cc1. The van der Waals surface area contributed by atoms with Crippen molar-refractivity contribution in [2.24, 2.45) is 0 Å². The van der Waals surface area contributed by atoms with Crippen LogP contribution in [0.2, 0.25) is 0 Å². The van der Waals surface area contributed by atoms with Crippen molar-refractivity contribution in [1.82, 2.24) is 0 Å². The van der Waals surface area contributed by atoms with Crippen LogP contribution in [-0.4, -0.2) is 12.9 Å². The number of benzene rings is 1. The molecule has 0 atom stereocenters. The number of anilines is 1. The van der Waals surface area contributed by atoms with Crippen molar-refractivity contribution in [1.29, 1.82) is 0 Å². The zero-order valence-corrected chi connectivity index (χ0v) is 10.1. The smallest absolute Gasteiger partial charge is 0.119 e. The lowest BCUT2D eigenvalue weighted by molar-refractivity contribution is 0.415. The van der Waals surface area contributed by atoms with Gasteiger partial charge in [-0.3, -0.25) is 0 Å². The minimum Gasteiger partial charge on any atom is -0.497 e. The molecule has 1 aromatic rings. The average Bonchev–Trinajstić information content (AvgIpc) is 2.29. The first-order chi connectivity index (χ1) is 7.30. The molecule has 3 heteroatoms. The largest absolute Gasteiger partial charge is 0.497 e. The number of thiol groups is 1. The van der Waals surface area contributed by atoms with E-state index in [2.05, 4.69) is 30.9 Å². The van der Waals surface area contributed by atoms with Crippen LogP contribution in [-0.2, 0) is 0 Å². The Labute approximate surface area is 96.7 Å². The van der Waals surface area contributed by atoms with Crippen molar-refractivity contribution in [3.8, 4) is 5.75 Å². The minimum absolute atomic E-state index is 0.722. The third kappa shape index (κ3) is 3.88. The third-order valence-electron chi connectivity index (χ3n) is 2.02. The second-order valence-corrected chi connectivity index (χ2v) is 3.47. The Morgan fingerprint density at radius 3 is 2.53 bits per heavy atom. The Morgan fingerprint density at radius 1 is 1.40 bits per heavy atom. The molecular weight excluding hydrogens is 206 g/mol. The molecule has 0 heterocycles. The van der Waals surface area contributed by atoms with Gasteiger partial charge in [0.15, 0.2) is 0 Å². The Hall–Kier alpha value is -1.09. The van der Waals surface area contributed by atoms with Crippen LogP contribution in [0.5, 0.6) is 5.75 Å². The van der Waals surface area contributed by atoms with Crippen LogP contribution >= 0.6 is 12.6 Å². The van der Waals surface area contributed by atoms with Crippen molar-refractivity contribution < 1.29 is 4.74 Å². The van der Waals surface area contributed by atoms with Crippen molar-refractivity contribution in [2.45, 2.75) is 13.3 Å². The van der Waals surface area contributed by atoms with Gasteiger partial charge in [-0.25, -0.2) is 0 Å². The molecule has 0 aliphatic carbocycles.